The topological polar surface area (TPSA) is 91.8 Å². The summed E-state index contributed by atoms with van der Waals surface area (Å²) in [6.45, 7) is 1.60. The van der Waals surface area contributed by atoms with Gasteiger partial charge >= 0.3 is 0 Å². The Morgan fingerprint density at radius 3 is 2.96 bits per heavy atom. The van der Waals surface area contributed by atoms with E-state index in [1.54, 1.807) is 37.6 Å². The normalized spacial score (nSPS) is 11.1. The van der Waals surface area contributed by atoms with Crippen molar-refractivity contribution in [3.05, 3.63) is 36.7 Å². The Morgan fingerprint density at radius 1 is 1.24 bits per heavy atom. The molecule has 0 unspecified atom stereocenters. The maximum atomic E-state index is 5.31. The third kappa shape index (κ3) is 5.10. The molecule has 0 saturated heterocycles. The quantitative estimate of drug-likeness (QED) is 0.402. The van der Waals surface area contributed by atoms with E-state index in [2.05, 4.69) is 29.9 Å². The number of methoxy groups -OCH3 is 1. The maximum Gasteiger partial charge on any atom is 0.226 e. The maximum absolute atomic E-state index is 5.31. The molecule has 3 heterocycles. The highest BCUT2D eigenvalue weighted by Gasteiger charge is 2.09. The van der Waals surface area contributed by atoms with Crippen LogP contribution < -0.4 is 0 Å². The fraction of sp³-hybridized carbons (Fsp3) is 0.438. The summed E-state index contributed by atoms with van der Waals surface area (Å²) in [5.41, 5.74) is 0.906. The van der Waals surface area contributed by atoms with Crippen molar-refractivity contribution in [3.8, 4) is 11.4 Å². The van der Waals surface area contributed by atoms with Gasteiger partial charge in [-0.15, -0.1) is 10.2 Å². The molecule has 0 aliphatic heterocycles. The Bertz CT molecular complexity index is 761. The van der Waals surface area contributed by atoms with Gasteiger partial charge in [0, 0.05) is 50.4 Å². The third-order valence-corrected chi connectivity index (χ3v) is 4.57. The van der Waals surface area contributed by atoms with Crippen LogP contribution in [0.3, 0.4) is 0 Å². The van der Waals surface area contributed by atoms with Crippen LogP contribution in [-0.4, -0.2) is 49.4 Å². The molecular formula is C16H20N6O2S. The molecule has 8 nitrogen and oxygen atoms in total. The summed E-state index contributed by atoms with van der Waals surface area (Å²) in [6, 6.07) is 3.72. The van der Waals surface area contributed by atoms with E-state index in [0.29, 0.717) is 11.7 Å². The number of nitrogens with zero attached hydrogens (tertiary/aromatic N) is 6. The molecule has 0 spiro atoms. The first-order chi connectivity index (χ1) is 12.4. The van der Waals surface area contributed by atoms with E-state index in [4.69, 9.17) is 9.26 Å². The van der Waals surface area contributed by atoms with Gasteiger partial charge in [-0.1, -0.05) is 16.9 Å². The Kier molecular flexibility index (Phi) is 6.52. The van der Waals surface area contributed by atoms with Crippen LogP contribution >= 0.6 is 11.8 Å². The summed E-state index contributed by atoms with van der Waals surface area (Å²) >= 11 is 1.68. The van der Waals surface area contributed by atoms with Crippen molar-refractivity contribution in [2.24, 2.45) is 0 Å². The van der Waals surface area contributed by atoms with Gasteiger partial charge in [0.1, 0.15) is 6.33 Å². The van der Waals surface area contributed by atoms with Crippen molar-refractivity contribution in [1.29, 1.82) is 0 Å². The number of hydrogen-bond donors (Lipinski definition) is 0. The Hall–Kier alpha value is -2.26. The van der Waals surface area contributed by atoms with Gasteiger partial charge in [-0.05, 0) is 25.0 Å². The van der Waals surface area contributed by atoms with Crippen molar-refractivity contribution in [2.45, 2.75) is 31.0 Å². The average Bonchev–Trinajstić information content (AvgIpc) is 3.29. The lowest BCUT2D eigenvalue weighted by molar-refractivity contribution is 0.189. The van der Waals surface area contributed by atoms with E-state index in [1.807, 2.05) is 12.1 Å². The first kappa shape index (κ1) is 17.6. The van der Waals surface area contributed by atoms with Crippen LogP contribution in [0.1, 0.15) is 18.7 Å². The highest BCUT2D eigenvalue weighted by atomic mass is 32.2. The number of hydrogen-bond acceptors (Lipinski definition) is 8. The molecule has 0 radical (unpaired) electrons. The number of thioether (sulfide) groups is 1. The molecule has 132 valence electrons. The predicted octanol–water partition coefficient (Wildman–Crippen LogP) is 2.48. The Labute approximate surface area is 150 Å². The smallest absolute Gasteiger partial charge is 0.226 e. The van der Waals surface area contributed by atoms with Crippen LogP contribution in [0.2, 0.25) is 0 Å². The molecule has 3 rings (SSSR count). The van der Waals surface area contributed by atoms with Gasteiger partial charge in [0.2, 0.25) is 11.7 Å². The number of rotatable bonds is 10. The minimum Gasteiger partial charge on any atom is -0.385 e. The number of aromatic nitrogens is 6. The highest BCUT2D eigenvalue weighted by Crippen LogP contribution is 2.18. The minimum absolute atomic E-state index is 0.600. The van der Waals surface area contributed by atoms with Gasteiger partial charge in [-0.25, -0.2) is 0 Å². The van der Waals surface area contributed by atoms with Crippen molar-refractivity contribution >= 4 is 11.8 Å². The van der Waals surface area contributed by atoms with Crippen LogP contribution in [0.25, 0.3) is 11.4 Å². The van der Waals surface area contributed by atoms with Crippen molar-refractivity contribution in [2.75, 3.05) is 19.5 Å². The largest absolute Gasteiger partial charge is 0.385 e. The van der Waals surface area contributed by atoms with Crippen LogP contribution in [0.15, 0.2) is 40.5 Å². The molecule has 0 aliphatic rings. The summed E-state index contributed by atoms with van der Waals surface area (Å²) in [7, 11) is 1.71. The van der Waals surface area contributed by atoms with E-state index in [0.717, 1.165) is 48.9 Å². The molecule has 0 aliphatic carbocycles. The summed E-state index contributed by atoms with van der Waals surface area (Å²) in [5.74, 6) is 2.16. The van der Waals surface area contributed by atoms with E-state index >= 15 is 0 Å². The predicted molar refractivity (Wildman–Crippen MR) is 93.1 cm³/mol. The van der Waals surface area contributed by atoms with Crippen LogP contribution in [0.4, 0.5) is 0 Å². The lowest BCUT2D eigenvalue weighted by atomic mass is 10.2. The fourth-order valence-corrected chi connectivity index (χ4v) is 3.13. The van der Waals surface area contributed by atoms with Gasteiger partial charge < -0.3 is 13.8 Å². The Balaban J connectivity index is 1.43. The second-order valence-electron chi connectivity index (χ2n) is 5.35. The zero-order valence-electron chi connectivity index (χ0n) is 14.0. The lowest BCUT2D eigenvalue weighted by Gasteiger charge is -2.05. The van der Waals surface area contributed by atoms with Gasteiger partial charge in [0.15, 0.2) is 5.16 Å². The monoisotopic (exact) mass is 360 g/mol. The first-order valence-electron chi connectivity index (χ1n) is 8.09. The molecule has 25 heavy (non-hydrogen) atoms. The summed E-state index contributed by atoms with van der Waals surface area (Å²) in [4.78, 5) is 8.40. The molecule has 0 aromatic carbocycles. The van der Waals surface area contributed by atoms with Crippen molar-refractivity contribution in [3.63, 3.8) is 0 Å². The van der Waals surface area contributed by atoms with Gasteiger partial charge in [-0.3, -0.25) is 4.98 Å². The van der Waals surface area contributed by atoms with Crippen LogP contribution in [0.5, 0.6) is 0 Å². The van der Waals surface area contributed by atoms with E-state index < -0.39 is 0 Å². The van der Waals surface area contributed by atoms with E-state index in [-0.39, 0.29) is 0 Å². The van der Waals surface area contributed by atoms with E-state index in [9.17, 15) is 0 Å². The molecule has 0 amide bonds. The van der Waals surface area contributed by atoms with Crippen molar-refractivity contribution in [1.82, 2.24) is 29.9 Å². The second kappa shape index (κ2) is 9.28. The first-order valence-corrected chi connectivity index (χ1v) is 9.08. The molecule has 0 fully saturated rings. The molecule has 0 atom stereocenters. The summed E-state index contributed by atoms with van der Waals surface area (Å²) < 4.78 is 12.4. The molecular weight excluding hydrogens is 340 g/mol. The minimum atomic E-state index is 0.600. The summed E-state index contributed by atoms with van der Waals surface area (Å²) in [5, 5.41) is 13.1. The third-order valence-electron chi connectivity index (χ3n) is 3.50. The van der Waals surface area contributed by atoms with E-state index in [1.165, 1.54) is 0 Å². The van der Waals surface area contributed by atoms with Gasteiger partial charge in [0.05, 0.1) is 0 Å². The molecule has 3 aromatic heterocycles. The summed E-state index contributed by atoms with van der Waals surface area (Å²) in [6.07, 6.45) is 7.80. The molecule has 0 saturated carbocycles. The molecule has 9 heteroatoms. The number of ether oxygens (including phenoxy) is 1. The molecule has 3 aromatic rings. The SMILES string of the molecule is COCCCn1cnnc1SCCCc1nc(-c2ccncc2)no1. The fourth-order valence-electron chi connectivity index (χ4n) is 2.25. The number of aryl methyl sites for hydroxylation is 2. The zero-order valence-corrected chi connectivity index (χ0v) is 14.9. The average molecular weight is 360 g/mol. The van der Waals surface area contributed by atoms with Crippen LogP contribution in [0, 0.1) is 0 Å². The highest BCUT2D eigenvalue weighted by molar-refractivity contribution is 7.99. The standard InChI is InChI=1S/C16H20N6O2S/c1-23-10-3-9-22-12-18-20-16(22)25-11-2-4-14-19-15(21-24-14)13-5-7-17-8-6-13/h5-8,12H,2-4,9-11H2,1H3. The van der Waals surface area contributed by atoms with Crippen molar-refractivity contribution < 1.29 is 9.26 Å². The molecule has 0 bridgehead atoms. The lowest BCUT2D eigenvalue weighted by Crippen LogP contribution is -2.02. The van der Waals surface area contributed by atoms with Crippen LogP contribution in [-0.2, 0) is 17.7 Å². The van der Waals surface area contributed by atoms with Gasteiger partial charge in [0.25, 0.3) is 0 Å². The number of pyridine rings is 1. The Morgan fingerprint density at radius 2 is 2.12 bits per heavy atom. The molecule has 0 N–H and O–H groups in total. The second-order valence-corrected chi connectivity index (χ2v) is 6.41. The zero-order chi connectivity index (χ0) is 17.3. The van der Waals surface area contributed by atoms with Gasteiger partial charge in [-0.2, -0.15) is 4.98 Å².